The highest BCUT2D eigenvalue weighted by Crippen LogP contribution is 2.28. The van der Waals surface area contributed by atoms with E-state index in [1.165, 1.54) is 6.33 Å². The van der Waals surface area contributed by atoms with Crippen LogP contribution >= 0.6 is 11.6 Å². The van der Waals surface area contributed by atoms with Crippen LogP contribution < -0.4 is 10.6 Å². The van der Waals surface area contributed by atoms with Gasteiger partial charge in [-0.2, -0.15) is 5.26 Å². The molecule has 19 heavy (non-hydrogen) atoms. The molecule has 2 N–H and O–H groups in total. The zero-order valence-corrected chi connectivity index (χ0v) is 11.3. The third kappa shape index (κ3) is 2.75. The zero-order valence-electron chi connectivity index (χ0n) is 10.5. The van der Waals surface area contributed by atoms with Gasteiger partial charge in [-0.25, -0.2) is 9.97 Å². The Balaban J connectivity index is 2.34. The van der Waals surface area contributed by atoms with Crippen LogP contribution in [0, 0.1) is 18.3 Å². The lowest BCUT2D eigenvalue weighted by Crippen LogP contribution is -2.02. The van der Waals surface area contributed by atoms with E-state index >= 15 is 0 Å². The Labute approximate surface area is 116 Å². The minimum atomic E-state index is 0.475. The number of anilines is 3. The Bertz CT molecular complexity index is 648. The van der Waals surface area contributed by atoms with Crippen molar-refractivity contribution in [3.05, 3.63) is 40.7 Å². The molecule has 5 nitrogen and oxygen atoms in total. The summed E-state index contributed by atoms with van der Waals surface area (Å²) in [5.74, 6) is 1.42. The molecule has 0 atom stereocenters. The summed E-state index contributed by atoms with van der Waals surface area (Å²) in [5.41, 5.74) is 2.11. The molecule has 1 heterocycles. The van der Waals surface area contributed by atoms with Gasteiger partial charge in [0, 0.05) is 12.6 Å². The fourth-order valence-corrected chi connectivity index (χ4v) is 1.87. The molecule has 2 aromatic rings. The standard InChI is InChI=1S/C13H12ClN5/c1-8-12(16-2)17-7-18-13(8)19-11-4-3-9(6-15)5-10(11)14/h3-5,7H,1-2H3,(H2,16,17,18,19). The van der Waals surface area contributed by atoms with Crippen LogP contribution in [0.25, 0.3) is 0 Å². The van der Waals surface area contributed by atoms with E-state index in [4.69, 9.17) is 16.9 Å². The molecule has 0 amide bonds. The van der Waals surface area contributed by atoms with Crippen LogP contribution in [-0.4, -0.2) is 17.0 Å². The third-order valence-corrected chi connectivity index (χ3v) is 2.98. The maximum absolute atomic E-state index is 8.80. The van der Waals surface area contributed by atoms with Crippen molar-refractivity contribution >= 4 is 28.9 Å². The summed E-state index contributed by atoms with van der Waals surface area (Å²) in [5, 5.41) is 15.4. The van der Waals surface area contributed by atoms with Crippen molar-refractivity contribution < 1.29 is 0 Å². The third-order valence-electron chi connectivity index (χ3n) is 2.67. The molecule has 0 saturated heterocycles. The van der Waals surface area contributed by atoms with Crippen molar-refractivity contribution in [3.63, 3.8) is 0 Å². The van der Waals surface area contributed by atoms with E-state index in [9.17, 15) is 0 Å². The molecule has 0 aliphatic carbocycles. The number of benzene rings is 1. The van der Waals surface area contributed by atoms with Gasteiger partial charge in [-0.3, -0.25) is 0 Å². The topological polar surface area (TPSA) is 73.6 Å². The summed E-state index contributed by atoms with van der Waals surface area (Å²) >= 11 is 6.11. The number of nitrogens with one attached hydrogen (secondary N) is 2. The van der Waals surface area contributed by atoms with E-state index in [0.717, 1.165) is 11.4 Å². The Morgan fingerprint density at radius 2 is 2.00 bits per heavy atom. The highest BCUT2D eigenvalue weighted by molar-refractivity contribution is 6.33. The minimum Gasteiger partial charge on any atom is -0.373 e. The molecule has 6 heteroatoms. The summed E-state index contributed by atoms with van der Waals surface area (Å²) in [6.45, 7) is 1.91. The van der Waals surface area contributed by atoms with Crippen LogP contribution in [0.5, 0.6) is 0 Å². The maximum Gasteiger partial charge on any atom is 0.138 e. The van der Waals surface area contributed by atoms with Crippen molar-refractivity contribution in [2.24, 2.45) is 0 Å². The first-order chi connectivity index (χ1) is 9.15. The van der Waals surface area contributed by atoms with Gasteiger partial charge in [0.25, 0.3) is 0 Å². The molecule has 0 aliphatic heterocycles. The predicted octanol–water partition coefficient (Wildman–Crippen LogP) is 3.10. The number of halogens is 1. The lowest BCUT2D eigenvalue weighted by molar-refractivity contribution is 1.12. The van der Waals surface area contributed by atoms with Gasteiger partial charge in [-0.05, 0) is 25.1 Å². The van der Waals surface area contributed by atoms with Gasteiger partial charge in [-0.1, -0.05) is 11.6 Å². The summed E-state index contributed by atoms with van der Waals surface area (Å²) in [4.78, 5) is 8.29. The van der Waals surface area contributed by atoms with Crippen LogP contribution in [-0.2, 0) is 0 Å². The van der Waals surface area contributed by atoms with E-state index in [1.807, 2.05) is 13.0 Å². The van der Waals surface area contributed by atoms with Gasteiger partial charge in [-0.15, -0.1) is 0 Å². The molecule has 96 valence electrons. The number of nitriles is 1. The molecule has 0 bridgehead atoms. The molecule has 1 aromatic heterocycles. The van der Waals surface area contributed by atoms with E-state index in [-0.39, 0.29) is 0 Å². The average Bonchev–Trinajstić information content (AvgIpc) is 2.43. The largest absolute Gasteiger partial charge is 0.373 e. The molecular formula is C13H12ClN5. The molecular weight excluding hydrogens is 262 g/mol. The van der Waals surface area contributed by atoms with Crippen molar-refractivity contribution in [2.75, 3.05) is 17.7 Å². The van der Waals surface area contributed by atoms with Gasteiger partial charge in [0.2, 0.25) is 0 Å². The van der Waals surface area contributed by atoms with Gasteiger partial charge in [0.1, 0.15) is 18.0 Å². The number of hydrogen-bond acceptors (Lipinski definition) is 5. The second-order valence-corrected chi connectivity index (χ2v) is 4.28. The van der Waals surface area contributed by atoms with E-state index in [1.54, 1.807) is 25.2 Å². The first-order valence-corrected chi connectivity index (χ1v) is 5.99. The van der Waals surface area contributed by atoms with Crippen LogP contribution in [0.1, 0.15) is 11.1 Å². The Morgan fingerprint density at radius 3 is 2.63 bits per heavy atom. The fourth-order valence-electron chi connectivity index (χ4n) is 1.64. The van der Waals surface area contributed by atoms with E-state index in [2.05, 4.69) is 20.6 Å². The van der Waals surface area contributed by atoms with Gasteiger partial charge < -0.3 is 10.6 Å². The van der Waals surface area contributed by atoms with E-state index < -0.39 is 0 Å². The first kappa shape index (κ1) is 13.1. The van der Waals surface area contributed by atoms with Crippen molar-refractivity contribution in [3.8, 4) is 6.07 Å². The molecule has 0 unspecified atom stereocenters. The predicted molar refractivity (Wildman–Crippen MR) is 75.8 cm³/mol. The Hall–Kier alpha value is -2.32. The Morgan fingerprint density at radius 1 is 1.26 bits per heavy atom. The molecule has 2 rings (SSSR count). The smallest absolute Gasteiger partial charge is 0.138 e. The quantitative estimate of drug-likeness (QED) is 0.899. The molecule has 1 aromatic carbocycles. The minimum absolute atomic E-state index is 0.475. The first-order valence-electron chi connectivity index (χ1n) is 5.61. The van der Waals surface area contributed by atoms with Crippen LogP contribution in [0.2, 0.25) is 5.02 Å². The van der Waals surface area contributed by atoms with Crippen LogP contribution in [0.4, 0.5) is 17.3 Å². The highest BCUT2D eigenvalue weighted by atomic mass is 35.5. The van der Waals surface area contributed by atoms with Gasteiger partial charge in [0.15, 0.2) is 0 Å². The average molecular weight is 274 g/mol. The number of rotatable bonds is 3. The van der Waals surface area contributed by atoms with Crippen LogP contribution in [0.15, 0.2) is 24.5 Å². The maximum atomic E-state index is 8.80. The second kappa shape index (κ2) is 5.55. The summed E-state index contributed by atoms with van der Waals surface area (Å²) in [7, 11) is 1.80. The number of aromatic nitrogens is 2. The molecule has 0 spiro atoms. The van der Waals surface area contributed by atoms with Crippen LogP contribution in [0.3, 0.4) is 0 Å². The zero-order chi connectivity index (χ0) is 13.8. The van der Waals surface area contributed by atoms with Gasteiger partial charge >= 0.3 is 0 Å². The molecule has 0 saturated carbocycles. The van der Waals surface area contributed by atoms with Gasteiger partial charge in [0.05, 0.1) is 22.3 Å². The summed E-state index contributed by atoms with van der Waals surface area (Å²) in [6, 6.07) is 7.10. The fraction of sp³-hybridized carbons (Fsp3) is 0.154. The summed E-state index contributed by atoms with van der Waals surface area (Å²) in [6.07, 6.45) is 1.47. The monoisotopic (exact) mass is 273 g/mol. The normalized spacial score (nSPS) is 9.79. The van der Waals surface area contributed by atoms with Crippen molar-refractivity contribution in [1.29, 1.82) is 5.26 Å². The molecule has 0 fully saturated rings. The van der Waals surface area contributed by atoms with Crippen molar-refractivity contribution in [1.82, 2.24) is 9.97 Å². The lowest BCUT2D eigenvalue weighted by Gasteiger charge is -2.12. The summed E-state index contributed by atoms with van der Waals surface area (Å²) < 4.78 is 0. The molecule has 0 radical (unpaired) electrons. The van der Waals surface area contributed by atoms with Crippen molar-refractivity contribution in [2.45, 2.75) is 6.92 Å². The highest BCUT2D eigenvalue weighted by Gasteiger charge is 2.08. The SMILES string of the molecule is CNc1ncnc(Nc2ccc(C#N)cc2Cl)c1C. The Kier molecular flexibility index (Phi) is 3.83. The lowest BCUT2D eigenvalue weighted by atomic mass is 10.2. The van der Waals surface area contributed by atoms with E-state index in [0.29, 0.717) is 22.1 Å². The number of hydrogen-bond donors (Lipinski definition) is 2. The second-order valence-electron chi connectivity index (χ2n) is 3.88. The molecule has 0 aliphatic rings. The number of nitrogens with zero attached hydrogens (tertiary/aromatic N) is 3.